The molecular formula is C11H8ClN3O2. The predicted octanol–water partition coefficient (Wildman–Crippen LogP) is 2.43. The van der Waals surface area contributed by atoms with Crippen molar-refractivity contribution in [3.63, 3.8) is 0 Å². The Bertz CT molecular complexity index is 661. The smallest absolute Gasteiger partial charge is 0.215 e. The molecule has 0 amide bonds. The molecule has 0 aliphatic heterocycles. The van der Waals surface area contributed by atoms with Gasteiger partial charge < -0.3 is 9.52 Å². The molecule has 86 valence electrons. The fraction of sp³-hybridized carbons (Fsp3) is 0.0909. The number of rotatable bonds is 2. The van der Waals surface area contributed by atoms with Crippen molar-refractivity contribution in [2.45, 2.75) is 5.88 Å². The Labute approximate surface area is 101 Å². The van der Waals surface area contributed by atoms with Gasteiger partial charge in [-0.1, -0.05) is 0 Å². The molecule has 3 aromatic heterocycles. The third kappa shape index (κ3) is 1.64. The highest BCUT2D eigenvalue weighted by atomic mass is 35.5. The summed E-state index contributed by atoms with van der Waals surface area (Å²) in [5, 5.41) is 14.0. The van der Waals surface area contributed by atoms with E-state index >= 15 is 0 Å². The first-order valence-corrected chi connectivity index (χ1v) is 5.50. The number of aromatic hydroxyl groups is 1. The molecule has 0 atom stereocenters. The van der Waals surface area contributed by atoms with Gasteiger partial charge in [-0.15, -0.1) is 11.6 Å². The lowest BCUT2D eigenvalue weighted by Gasteiger charge is -1.99. The minimum absolute atomic E-state index is 0.00320. The van der Waals surface area contributed by atoms with Crippen molar-refractivity contribution in [3.8, 4) is 17.3 Å². The molecule has 0 aliphatic rings. The van der Waals surface area contributed by atoms with Crippen LogP contribution in [-0.4, -0.2) is 19.7 Å². The topological polar surface area (TPSA) is 63.6 Å². The molecule has 0 unspecified atom stereocenters. The number of furan rings is 1. The summed E-state index contributed by atoms with van der Waals surface area (Å²) in [7, 11) is 0. The lowest BCUT2D eigenvalue weighted by atomic mass is 10.3. The molecular weight excluding hydrogens is 242 g/mol. The zero-order valence-electron chi connectivity index (χ0n) is 8.67. The van der Waals surface area contributed by atoms with Gasteiger partial charge in [0.2, 0.25) is 5.88 Å². The second kappa shape index (κ2) is 3.78. The summed E-state index contributed by atoms with van der Waals surface area (Å²) in [6, 6.07) is 6.78. The molecule has 0 saturated carbocycles. The number of fused-ring (bicyclic) bond motifs is 1. The average Bonchev–Trinajstić information content (AvgIpc) is 2.96. The van der Waals surface area contributed by atoms with Gasteiger partial charge in [0.15, 0.2) is 11.4 Å². The molecule has 0 radical (unpaired) electrons. The molecule has 0 saturated heterocycles. The molecule has 6 heteroatoms. The van der Waals surface area contributed by atoms with Crippen molar-refractivity contribution in [2.75, 3.05) is 0 Å². The van der Waals surface area contributed by atoms with Crippen molar-refractivity contribution in [3.05, 3.63) is 36.2 Å². The van der Waals surface area contributed by atoms with Gasteiger partial charge >= 0.3 is 0 Å². The van der Waals surface area contributed by atoms with Crippen molar-refractivity contribution < 1.29 is 9.52 Å². The molecule has 0 aliphatic carbocycles. The van der Waals surface area contributed by atoms with Gasteiger partial charge in [-0.25, -0.2) is 4.98 Å². The second-order valence-corrected chi connectivity index (χ2v) is 3.78. The van der Waals surface area contributed by atoms with E-state index in [1.165, 1.54) is 10.6 Å². The Balaban J connectivity index is 2.22. The molecule has 1 N–H and O–H groups in total. The second-order valence-electron chi connectivity index (χ2n) is 3.52. The third-order valence-electron chi connectivity index (χ3n) is 2.37. The Hall–Kier alpha value is -2.01. The van der Waals surface area contributed by atoms with Gasteiger partial charge in [-0.05, 0) is 12.1 Å². The maximum absolute atomic E-state index is 9.77. The van der Waals surface area contributed by atoms with E-state index in [2.05, 4.69) is 10.1 Å². The SMILES string of the molecule is Oc1cc(CCl)nc2cc(-c3ccco3)nn12. The van der Waals surface area contributed by atoms with Gasteiger partial charge in [0.05, 0.1) is 17.8 Å². The summed E-state index contributed by atoms with van der Waals surface area (Å²) < 4.78 is 6.58. The Morgan fingerprint density at radius 2 is 2.29 bits per heavy atom. The van der Waals surface area contributed by atoms with Crippen molar-refractivity contribution in [1.82, 2.24) is 14.6 Å². The summed E-state index contributed by atoms with van der Waals surface area (Å²) in [6.07, 6.45) is 1.57. The third-order valence-corrected chi connectivity index (χ3v) is 2.65. The van der Waals surface area contributed by atoms with E-state index in [-0.39, 0.29) is 11.8 Å². The molecule has 0 aromatic carbocycles. The van der Waals surface area contributed by atoms with Crippen LogP contribution >= 0.6 is 11.6 Å². The zero-order chi connectivity index (χ0) is 11.8. The number of aromatic nitrogens is 3. The lowest BCUT2D eigenvalue weighted by molar-refractivity contribution is 0.434. The first kappa shape index (κ1) is 10.2. The van der Waals surface area contributed by atoms with Crippen LogP contribution in [0.4, 0.5) is 0 Å². The highest BCUT2D eigenvalue weighted by molar-refractivity contribution is 6.16. The van der Waals surface area contributed by atoms with Crippen LogP contribution in [0.15, 0.2) is 34.9 Å². The van der Waals surface area contributed by atoms with Gasteiger partial charge in [-0.3, -0.25) is 0 Å². The quantitative estimate of drug-likeness (QED) is 0.709. The fourth-order valence-corrected chi connectivity index (χ4v) is 1.76. The van der Waals surface area contributed by atoms with Crippen molar-refractivity contribution in [1.29, 1.82) is 0 Å². The van der Waals surface area contributed by atoms with Gasteiger partial charge in [0.1, 0.15) is 5.69 Å². The Morgan fingerprint density at radius 3 is 3.00 bits per heavy atom. The van der Waals surface area contributed by atoms with Gasteiger partial charge in [-0.2, -0.15) is 9.61 Å². The molecule has 3 heterocycles. The summed E-state index contributed by atoms with van der Waals surface area (Å²) in [5.41, 5.74) is 1.75. The minimum Gasteiger partial charge on any atom is -0.493 e. The number of hydrogen-bond acceptors (Lipinski definition) is 4. The Morgan fingerprint density at radius 1 is 1.41 bits per heavy atom. The summed E-state index contributed by atoms with van der Waals surface area (Å²) in [5.74, 6) is 0.872. The molecule has 3 rings (SSSR count). The average molecular weight is 250 g/mol. The van der Waals surface area contributed by atoms with E-state index in [0.717, 1.165) is 0 Å². The maximum atomic E-state index is 9.77. The number of alkyl halides is 1. The van der Waals surface area contributed by atoms with E-state index in [1.54, 1.807) is 24.5 Å². The molecule has 5 nitrogen and oxygen atoms in total. The van der Waals surface area contributed by atoms with Crippen molar-refractivity contribution in [2.24, 2.45) is 0 Å². The highest BCUT2D eigenvalue weighted by Gasteiger charge is 2.11. The highest BCUT2D eigenvalue weighted by Crippen LogP contribution is 2.22. The van der Waals surface area contributed by atoms with Crippen LogP contribution in [0.25, 0.3) is 17.1 Å². The minimum atomic E-state index is 0.00320. The van der Waals surface area contributed by atoms with Gasteiger partial charge in [0.25, 0.3) is 0 Å². The number of nitrogens with zero attached hydrogens (tertiary/aromatic N) is 3. The molecule has 0 bridgehead atoms. The first-order valence-electron chi connectivity index (χ1n) is 4.96. The largest absolute Gasteiger partial charge is 0.493 e. The normalized spacial score (nSPS) is 11.1. The number of hydrogen-bond donors (Lipinski definition) is 1. The van der Waals surface area contributed by atoms with E-state index in [1.807, 2.05) is 0 Å². The number of halogens is 1. The molecule has 3 aromatic rings. The lowest BCUT2D eigenvalue weighted by Crippen LogP contribution is -1.94. The summed E-state index contributed by atoms with van der Waals surface area (Å²) >= 11 is 5.68. The van der Waals surface area contributed by atoms with E-state index in [0.29, 0.717) is 22.8 Å². The van der Waals surface area contributed by atoms with Crippen molar-refractivity contribution >= 4 is 17.2 Å². The van der Waals surface area contributed by atoms with Gasteiger partial charge in [0, 0.05) is 12.1 Å². The monoisotopic (exact) mass is 249 g/mol. The van der Waals surface area contributed by atoms with E-state index in [4.69, 9.17) is 16.0 Å². The standard InChI is InChI=1S/C11H8ClN3O2/c12-6-7-4-11(16)15-10(13-7)5-8(14-15)9-2-1-3-17-9/h1-5,16H,6H2. The van der Waals surface area contributed by atoms with Crippen LogP contribution in [0.2, 0.25) is 0 Å². The maximum Gasteiger partial charge on any atom is 0.215 e. The zero-order valence-corrected chi connectivity index (χ0v) is 9.42. The fourth-order valence-electron chi connectivity index (χ4n) is 1.62. The predicted molar refractivity (Wildman–Crippen MR) is 61.9 cm³/mol. The van der Waals surface area contributed by atoms with Crippen LogP contribution in [-0.2, 0) is 5.88 Å². The van der Waals surface area contributed by atoms with Crippen LogP contribution < -0.4 is 0 Å². The van der Waals surface area contributed by atoms with E-state index < -0.39 is 0 Å². The van der Waals surface area contributed by atoms with Crippen LogP contribution in [0.3, 0.4) is 0 Å². The Kier molecular flexibility index (Phi) is 2.26. The molecule has 0 fully saturated rings. The van der Waals surface area contributed by atoms with Crippen LogP contribution in [0.1, 0.15) is 5.69 Å². The van der Waals surface area contributed by atoms with Crippen LogP contribution in [0, 0.1) is 0 Å². The first-order chi connectivity index (χ1) is 8.28. The van der Waals surface area contributed by atoms with E-state index in [9.17, 15) is 5.11 Å². The molecule has 0 spiro atoms. The van der Waals surface area contributed by atoms with Crippen LogP contribution in [0.5, 0.6) is 5.88 Å². The summed E-state index contributed by atoms with van der Waals surface area (Å²) in [6.45, 7) is 0. The summed E-state index contributed by atoms with van der Waals surface area (Å²) in [4.78, 5) is 4.25. The molecule has 17 heavy (non-hydrogen) atoms.